The third kappa shape index (κ3) is 6.32. The monoisotopic (exact) mass is 404 g/mol. The van der Waals surface area contributed by atoms with E-state index in [4.69, 9.17) is 0 Å². The van der Waals surface area contributed by atoms with Crippen molar-refractivity contribution >= 4 is 11.8 Å². The first-order valence-corrected chi connectivity index (χ1v) is 10.0. The normalized spacial score (nSPS) is 10.8. The van der Waals surface area contributed by atoms with Gasteiger partial charge in [-0.2, -0.15) is 0 Å². The van der Waals surface area contributed by atoms with Gasteiger partial charge in [0.05, 0.1) is 6.42 Å². The molecule has 0 unspecified atom stereocenters. The average molecular weight is 405 g/mol. The van der Waals surface area contributed by atoms with Crippen LogP contribution in [0, 0.1) is 0 Å². The van der Waals surface area contributed by atoms with Gasteiger partial charge in [-0.3, -0.25) is 9.59 Å². The fourth-order valence-corrected chi connectivity index (χ4v) is 3.01. The Labute approximate surface area is 177 Å². The predicted molar refractivity (Wildman–Crippen MR) is 119 cm³/mol. The Hall–Kier alpha value is -3.38. The lowest BCUT2D eigenvalue weighted by Gasteiger charge is -2.11. The lowest BCUT2D eigenvalue weighted by molar-refractivity contribution is -0.120. The summed E-state index contributed by atoms with van der Waals surface area (Å²) in [5.41, 5.74) is 3.60. The van der Waals surface area contributed by atoms with E-state index in [9.17, 15) is 9.59 Å². The second kappa shape index (κ2) is 10.4. The van der Waals surface area contributed by atoms with Crippen LogP contribution >= 0.6 is 0 Å². The van der Waals surface area contributed by atoms with Crippen LogP contribution in [0.15, 0.2) is 73.1 Å². The minimum Gasteiger partial charge on any atom is -0.352 e. The molecular formula is C24H28N4O2. The molecule has 0 saturated heterocycles. The quantitative estimate of drug-likeness (QED) is 0.576. The van der Waals surface area contributed by atoms with E-state index in [0.29, 0.717) is 25.1 Å². The SMILES string of the molecule is CN(C)CCNC(=O)c1ccc(CNC(=O)Cc2ccc(-n3cccc3)cc2)cc1. The van der Waals surface area contributed by atoms with Gasteiger partial charge in [-0.25, -0.2) is 0 Å². The Morgan fingerprint density at radius 2 is 1.50 bits per heavy atom. The van der Waals surface area contributed by atoms with Gasteiger partial charge in [0, 0.05) is 43.3 Å². The van der Waals surface area contributed by atoms with Crippen LogP contribution in [-0.2, 0) is 17.8 Å². The molecule has 2 amide bonds. The zero-order chi connectivity index (χ0) is 21.3. The molecule has 6 heteroatoms. The van der Waals surface area contributed by atoms with Gasteiger partial charge in [0.1, 0.15) is 0 Å². The number of carbonyl (C=O) groups is 2. The standard InChI is InChI=1S/C24H28N4O2/c1-27(2)16-13-25-24(30)21-9-5-20(6-10-21)18-26-23(29)17-19-7-11-22(12-8-19)28-14-3-4-15-28/h3-12,14-15H,13,16-18H2,1-2H3,(H,25,30)(H,26,29). The largest absolute Gasteiger partial charge is 0.352 e. The van der Waals surface area contributed by atoms with Gasteiger partial charge in [0.25, 0.3) is 5.91 Å². The van der Waals surface area contributed by atoms with Crippen molar-refractivity contribution < 1.29 is 9.59 Å². The molecule has 0 atom stereocenters. The third-order valence-corrected chi connectivity index (χ3v) is 4.75. The van der Waals surface area contributed by atoms with E-state index < -0.39 is 0 Å². The van der Waals surface area contributed by atoms with E-state index in [1.165, 1.54) is 0 Å². The summed E-state index contributed by atoms with van der Waals surface area (Å²) in [7, 11) is 3.93. The fourth-order valence-electron chi connectivity index (χ4n) is 3.01. The third-order valence-electron chi connectivity index (χ3n) is 4.75. The van der Waals surface area contributed by atoms with Gasteiger partial charge in [-0.15, -0.1) is 0 Å². The number of aromatic nitrogens is 1. The highest BCUT2D eigenvalue weighted by molar-refractivity contribution is 5.94. The summed E-state index contributed by atoms with van der Waals surface area (Å²) in [4.78, 5) is 26.4. The van der Waals surface area contributed by atoms with Crippen molar-refractivity contribution in [2.45, 2.75) is 13.0 Å². The van der Waals surface area contributed by atoms with Crippen LogP contribution in [0.1, 0.15) is 21.5 Å². The summed E-state index contributed by atoms with van der Waals surface area (Å²) in [6, 6.07) is 19.2. The lowest BCUT2D eigenvalue weighted by atomic mass is 10.1. The molecule has 3 rings (SSSR count). The van der Waals surface area contributed by atoms with E-state index in [1.807, 2.05) is 84.5 Å². The molecule has 156 valence electrons. The molecule has 2 aromatic carbocycles. The van der Waals surface area contributed by atoms with Gasteiger partial charge in [-0.1, -0.05) is 24.3 Å². The Balaban J connectivity index is 1.44. The molecule has 1 aromatic heterocycles. The van der Waals surface area contributed by atoms with Gasteiger partial charge in [0.2, 0.25) is 5.91 Å². The summed E-state index contributed by atoms with van der Waals surface area (Å²) >= 11 is 0. The highest BCUT2D eigenvalue weighted by Crippen LogP contribution is 2.11. The van der Waals surface area contributed by atoms with Crippen LogP contribution in [0.2, 0.25) is 0 Å². The van der Waals surface area contributed by atoms with Crippen molar-refractivity contribution in [1.29, 1.82) is 0 Å². The van der Waals surface area contributed by atoms with E-state index >= 15 is 0 Å². The maximum absolute atomic E-state index is 12.3. The van der Waals surface area contributed by atoms with E-state index in [0.717, 1.165) is 23.4 Å². The first kappa shape index (κ1) is 21.3. The highest BCUT2D eigenvalue weighted by Gasteiger charge is 2.07. The van der Waals surface area contributed by atoms with Crippen molar-refractivity contribution in [3.8, 4) is 5.69 Å². The van der Waals surface area contributed by atoms with Crippen molar-refractivity contribution in [2.75, 3.05) is 27.2 Å². The molecule has 0 fully saturated rings. The summed E-state index contributed by atoms with van der Waals surface area (Å²) in [6.45, 7) is 1.84. The van der Waals surface area contributed by atoms with Crippen molar-refractivity contribution in [1.82, 2.24) is 20.1 Å². The molecule has 3 aromatic rings. The van der Waals surface area contributed by atoms with Crippen LogP contribution in [0.25, 0.3) is 5.69 Å². The van der Waals surface area contributed by atoms with Gasteiger partial charge in [-0.05, 0) is 61.6 Å². The number of hydrogen-bond donors (Lipinski definition) is 2. The minimum absolute atomic E-state index is 0.0331. The van der Waals surface area contributed by atoms with Crippen LogP contribution in [0.3, 0.4) is 0 Å². The summed E-state index contributed by atoms with van der Waals surface area (Å²) in [6.07, 6.45) is 4.30. The van der Waals surface area contributed by atoms with Gasteiger partial charge < -0.3 is 20.1 Å². The molecule has 0 radical (unpaired) electrons. The molecule has 0 aliphatic heterocycles. The predicted octanol–water partition coefficient (Wildman–Crippen LogP) is 2.63. The number of carbonyl (C=O) groups excluding carboxylic acids is 2. The first-order valence-electron chi connectivity index (χ1n) is 10.0. The maximum atomic E-state index is 12.3. The van der Waals surface area contributed by atoms with Crippen molar-refractivity contribution in [3.05, 3.63) is 89.7 Å². The topological polar surface area (TPSA) is 66.4 Å². The highest BCUT2D eigenvalue weighted by atomic mass is 16.2. The molecule has 0 aliphatic rings. The van der Waals surface area contributed by atoms with Crippen LogP contribution in [-0.4, -0.2) is 48.5 Å². The van der Waals surface area contributed by atoms with Crippen LogP contribution < -0.4 is 10.6 Å². The minimum atomic E-state index is -0.0872. The number of benzene rings is 2. The first-order chi connectivity index (χ1) is 14.5. The van der Waals surface area contributed by atoms with Crippen molar-refractivity contribution in [2.24, 2.45) is 0 Å². The average Bonchev–Trinajstić information content (AvgIpc) is 3.28. The number of hydrogen-bond acceptors (Lipinski definition) is 3. The summed E-state index contributed by atoms with van der Waals surface area (Å²) in [5.74, 6) is -0.120. The van der Waals surface area contributed by atoms with Gasteiger partial charge in [0.15, 0.2) is 0 Å². The Morgan fingerprint density at radius 1 is 0.867 bits per heavy atom. The maximum Gasteiger partial charge on any atom is 0.251 e. The molecule has 2 N–H and O–H groups in total. The molecule has 1 heterocycles. The molecule has 0 spiro atoms. The van der Waals surface area contributed by atoms with E-state index in [1.54, 1.807) is 12.1 Å². The number of nitrogens with one attached hydrogen (secondary N) is 2. The number of amides is 2. The zero-order valence-electron chi connectivity index (χ0n) is 17.5. The Morgan fingerprint density at radius 3 is 2.13 bits per heavy atom. The van der Waals surface area contributed by atoms with E-state index in [-0.39, 0.29) is 11.8 Å². The number of likely N-dealkylation sites (N-methyl/N-ethyl adjacent to an activating group) is 1. The number of rotatable bonds is 9. The summed E-state index contributed by atoms with van der Waals surface area (Å²) < 4.78 is 2.02. The fraction of sp³-hybridized carbons (Fsp3) is 0.250. The van der Waals surface area contributed by atoms with Gasteiger partial charge >= 0.3 is 0 Å². The van der Waals surface area contributed by atoms with E-state index in [2.05, 4.69) is 10.6 Å². The van der Waals surface area contributed by atoms with Crippen LogP contribution in [0.5, 0.6) is 0 Å². The smallest absolute Gasteiger partial charge is 0.251 e. The molecule has 0 saturated carbocycles. The Bertz CT molecular complexity index is 946. The molecule has 30 heavy (non-hydrogen) atoms. The number of nitrogens with zero attached hydrogens (tertiary/aromatic N) is 2. The van der Waals surface area contributed by atoms with Crippen molar-refractivity contribution in [3.63, 3.8) is 0 Å². The molecule has 0 bridgehead atoms. The molecule has 0 aliphatic carbocycles. The zero-order valence-corrected chi connectivity index (χ0v) is 17.5. The second-order valence-electron chi connectivity index (χ2n) is 7.47. The van der Waals surface area contributed by atoms with Crippen LogP contribution in [0.4, 0.5) is 0 Å². The molecular weight excluding hydrogens is 376 g/mol. The summed E-state index contributed by atoms with van der Waals surface area (Å²) in [5, 5.41) is 5.82. The second-order valence-corrected chi connectivity index (χ2v) is 7.47. The molecule has 6 nitrogen and oxygen atoms in total. The lowest BCUT2D eigenvalue weighted by Crippen LogP contribution is -2.31. The Kier molecular flexibility index (Phi) is 7.40.